The van der Waals surface area contributed by atoms with Crippen molar-refractivity contribution in [2.75, 3.05) is 6.61 Å². The Hall–Kier alpha value is -0.900. The third-order valence-electron chi connectivity index (χ3n) is 4.41. The molecule has 1 heterocycles. The molecule has 1 aromatic carbocycles. The normalized spacial score (nSPS) is 34.8. The summed E-state index contributed by atoms with van der Waals surface area (Å²) in [6, 6.07) is 10.6. The van der Waals surface area contributed by atoms with E-state index in [1.807, 2.05) is 6.07 Å². The van der Waals surface area contributed by atoms with Gasteiger partial charge in [-0.05, 0) is 37.7 Å². The van der Waals surface area contributed by atoms with Gasteiger partial charge < -0.3 is 15.2 Å². The third-order valence-corrected chi connectivity index (χ3v) is 4.41. The summed E-state index contributed by atoms with van der Waals surface area (Å²) in [7, 11) is 0. The second-order valence-electron chi connectivity index (χ2n) is 5.95. The summed E-state index contributed by atoms with van der Waals surface area (Å²) in [5.41, 5.74) is 7.28. The molecular formula is C16H23NO2. The maximum Gasteiger partial charge on any atom is 0.0720 e. The summed E-state index contributed by atoms with van der Waals surface area (Å²) in [5.74, 6) is 0. The van der Waals surface area contributed by atoms with E-state index in [1.54, 1.807) is 0 Å². The largest absolute Gasteiger partial charge is 0.374 e. The van der Waals surface area contributed by atoms with Crippen molar-refractivity contribution in [1.29, 1.82) is 0 Å². The molecule has 1 atom stereocenters. The van der Waals surface area contributed by atoms with Crippen LogP contribution < -0.4 is 5.73 Å². The van der Waals surface area contributed by atoms with Gasteiger partial charge in [-0.15, -0.1) is 0 Å². The van der Waals surface area contributed by atoms with E-state index in [4.69, 9.17) is 15.2 Å². The zero-order valence-corrected chi connectivity index (χ0v) is 11.4. The molecule has 3 nitrogen and oxygen atoms in total. The summed E-state index contributed by atoms with van der Waals surface area (Å²) in [6.45, 7) is 1.45. The van der Waals surface area contributed by atoms with Crippen molar-refractivity contribution in [3.05, 3.63) is 35.9 Å². The lowest BCUT2D eigenvalue weighted by Gasteiger charge is -2.36. The molecule has 2 fully saturated rings. The summed E-state index contributed by atoms with van der Waals surface area (Å²) in [4.78, 5) is 0. The lowest BCUT2D eigenvalue weighted by molar-refractivity contribution is -0.0724. The minimum Gasteiger partial charge on any atom is -0.374 e. The average molecular weight is 261 g/mol. The third kappa shape index (κ3) is 3.16. The van der Waals surface area contributed by atoms with Gasteiger partial charge in [0.25, 0.3) is 0 Å². The summed E-state index contributed by atoms with van der Waals surface area (Å²) in [6.07, 6.45) is 5.80. The number of ether oxygens (including phenoxy) is 2. The summed E-state index contributed by atoms with van der Waals surface area (Å²) >= 11 is 0. The molecule has 2 N–H and O–H groups in total. The Kier molecular flexibility index (Phi) is 3.87. The number of benzene rings is 1. The smallest absolute Gasteiger partial charge is 0.0720 e. The van der Waals surface area contributed by atoms with Gasteiger partial charge in [0.05, 0.1) is 24.9 Å². The topological polar surface area (TPSA) is 44.5 Å². The lowest BCUT2D eigenvalue weighted by Crippen LogP contribution is -2.36. The monoisotopic (exact) mass is 261 g/mol. The van der Waals surface area contributed by atoms with Crippen LogP contribution in [0.3, 0.4) is 0 Å². The summed E-state index contributed by atoms with van der Waals surface area (Å²) in [5, 5.41) is 0. The van der Waals surface area contributed by atoms with Crippen LogP contribution in [0.2, 0.25) is 0 Å². The Bertz CT molecular complexity index is 398. The molecule has 0 aromatic heterocycles. The van der Waals surface area contributed by atoms with Crippen molar-refractivity contribution in [3.8, 4) is 0 Å². The first-order chi connectivity index (χ1) is 9.26. The van der Waals surface area contributed by atoms with E-state index in [2.05, 4.69) is 24.3 Å². The molecule has 1 aliphatic heterocycles. The molecule has 3 rings (SSSR count). The van der Waals surface area contributed by atoms with Crippen LogP contribution in [0, 0.1) is 0 Å². The zero-order valence-electron chi connectivity index (χ0n) is 11.4. The minimum absolute atomic E-state index is 0.0754. The van der Waals surface area contributed by atoms with Crippen LogP contribution in [0.15, 0.2) is 30.3 Å². The van der Waals surface area contributed by atoms with E-state index in [0.29, 0.717) is 6.10 Å². The maximum absolute atomic E-state index is 6.01. The van der Waals surface area contributed by atoms with E-state index in [0.717, 1.165) is 45.3 Å². The maximum atomic E-state index is 6.01. The van der Waals surface area contributed by atoms with Gasteiger partial charge in [-0.1, -0.05) is 30.3 Å². The van der Waals surface area contributed by atoms with Gasteiger partial charge >= 0.3 is 0 Å². The first kappa shape index (κ1) is 13.1. The highest BCUT2D eigenvalue weighted by Gasteiger charge is 2.42. The van der Waals surface area contributed by atoms with E-state index < -0.39 is 0 Å². The predicted molar refractivity (Wildman–Crippen MR) is 74.8 cm³/mol. The van der Waals surface area contributed by atoms with Gasteiger partial charge in [-0.25, -0.2) is 0 Å². The number of nitrogens with two attached hydrogens (primary N) is 1. The van der Waals surface area contributed by atoms with Crippen molar-refractivity contribution in [1.82, 2.24) is 0 Å². The standard InChI is InChI=1S/C16H23NO2/c17-14-10-16(19-12-14)8-6-15(7-9-16)18-11-13-4-2-1-3-5-13/h1-5,14-15H,6-12,17H2. The Labute approximate surface area is 115 Å². The van der Waals surface area contributed by atoms with E-state index >= 15 is 0 Å². The Morgan fingerprint density at radius 2 is 1.95 bits per heavy atom. The molecule has 0 bridgehead atoms. The van der Waals surface area contributed by atoms with Gasteiger partial charge in [0.1, 0.15) is 0 Å². The number of rotatable bonds is 3. The van der Waals surface area contributed by atoms with Crippen LogP contribution in [0.5, 0.6) is 0 Å². The highest BCUT2D eigenvalue weighted by atomic mass is 16.5. The van der Waals surface area contributed by atoms with Crippen molar-refractivity contribution in [3.63, 3.8) is 0 Å². The van der Waals surface area contributed by atoms with Crippen LogP contribution in [-0.2, 0) is 16.1 Å². The molecule has 19 heavy (non-hydrogen) atoms. The molecule has 0 radical (unpaired) electrons. The molecule has 1 aromatic rings. The highest BCUT2D eigenvalue weighted by Crippen LogP contribution is 2.39. The quantitative estimate of drug-likeness (QED) is 0.909. The lowest BCUT2D eigenvalue weighted by atomic mass is 9.81. The molecule has 1 spiro atoms. The van der Waals surface area contributed by atoms with Gasteiger partial charge in [-0.3, -0.25) is 0 Å². The van der Waals surface area contributed by atoms with Gasteiger partial charge in [0.2, 0.25) is 0 Å². The first-order valence-electron chi connectivity index (χ1n) is 7.31. The average Bonchev–Trinajstić information content (AvgIpc) is 2.81. The van der Waals surface area contributed by atoms with Gasteiger partial charge in [0.15, 0.2) is 0 Å². The second-order valence-corrected chi connectivity index (χ2v) is 5.95. The molecule has 1 saturated carbocycles. The predicted octanol–water partition coefficient (Wildman–Crippen LogP) is 2.63. The molecule has 0 amide bonds. The van der Waals surface area contributed by atoms with Gasteiger partial charge in [-0.2, -0.15) is 0 Å². The number of hydrogen-bond acceptors (Lipinski definition) is 3. The van der Waals surface area contributed by atoms with E-state index in [1.165, 1.54) is 5.56 Å². The first-order valence-corrected chi connectivity index (χ1v) is 7.31. The number of hydrogen-bond donors (Lipinski definition) is 1. The molecule has 3 heteroatoms. The minimum atomic E-state index is 0.0754. The molecule has 104 valence electrons. The van der Waals surface area contributed by atoms with Crippen molar-refractivity contribution in [2.45, 2.75) is 56.5 Å². The Balaban J connectivity index is 1.46. The van der Waals surface area contributed by atoms with Crippen molar-refractivity contribution < 1.29 is 9.47 Å². The fraction of sp³-hybridized carbons (Fsp3) is 0.625. The second kappa shape index (κ2) is 5.61. The molecule has 1 aliphatic carbocycles. The van der Waals surface area contributed by atoms with Crippen molar-refractivity contribution in [2.24, 2.45) is 5.73 Å². The fourth-order valence-corrected chi connectivity index (χ4v) is 3.30. The van der Waals surface area contributed by atoms with E-state index in [9.17, 15) is 0 Å². The molecule has 2 aliphatic rings. The Morgan fingerprint density at radius 3 is 2.58 bits per heavy atom. The van der Waals surface area contributed by atoms with Crippen LogP contribution in [0.4, 0.5) is 0 Å². The molecule has 1 saturated heterocycles. The van der Waals surface area contributed by atoms with Crippen LogP contribution in [-0.4, -0.2) is 24.4 Å². The van der Waals surface area contributed by atoms with Crippen molar-refractivity contribution >= 4 is 0 Å². The molecular weight excluding hydrogens is 238 g/mol. The van der Waals surface area contributed by atoms with Gasteiger partial charge in [0, 0.05) is 6.04 Å². The summed E-state index contributed by atoms with van der Waals surface area (Å²) < 4.78 is 11.9. The highest BCUT2D eigenvalue weighted by molar-refractivity contribution is 5.13. The van der Waals surface area contributed by atoms with Crippen LogP contribution >= 0.6 is 0 Å². The fourth-order valence-electron chi connectivity index (χ4n) is 3.30. The van der Waals surface area contributed by atoms with Crippen LogP contribution in [0.1, 0.15) is 37.7 Å². The Morgan fingerprint density at radius 1 is 1.21 bits per heavy atom. The molecule has 1 unspecified atom stereocenters. The van der Waals surface area contributed by atoms with Crippen LogP contribution in [0.25, 0.3) is 0 Å². The zero-order chi connectivity index (χ0) is 13.1. The van der Waals surface area contributed by atoms with E-state index in [-0.39, 0.29) is 11.6 Å². The SMILES string of the molecule is NC1COC2(CCC(OCc3ccccc3)CC2)C1.